The number of benzene rings is 7. The van der Waals surface area contributed by atoms with E-state index in [1.54, 1.807) is 0 Å². The first kappa shape index (κ1) is 31.8. The molecule has 0 fully saturated rings. The van der Waals surface area contributed by atoms with E-state index in [0.717, 1.165) is 55.6 Å². The van der Waals surface area contributed by atoms with Gasteiger partial charge in [0.25, 0.3) is 0 Å². The molecule has 56 heavy (non-hydrogen) atoms. The summed E-state index contributed by atoms with van der Waals surface area (Å²) in [6.45, 7) is 0. The van der Waals surface area contributed by atoms with Gasteiger partial charge in [-0.1, -0.05) is 109 Å². The van der Waals surface area contributed by atoms with Crippen LogP contribution in [-0.4, -0.2) is 29.1 Å². The van der Waals surface area contributed by atoms with Gasteiger partial charge in [-0.3, -0.25) is 4.98 Å². The summed E-state index contributed by atoms with van der Waals surface area (Å²) in [5, 5.41) is 3.57. The standard InChI is InChI=1S/C50H32N6/c1-4-13-33(14-5-1)48-52-49(34-15-6-2-7-16-34)54-50(53-48)35-22-26-39(27-23-35)56-45-29-25-37(32-42(45)47-46(56)21-12-30-51-47)36-24-28-44-41(31-36)40-19-10-11-20-43(40)55(44)38-17-8-3-9-18-38/h1-32H. The van der Waals surface area contributed by atoms with Gasteiger partial charge in [-0.15, -0.1) is 0 Å². The molecule has 262 valence electrons. The Kier molecular flexibility index (Phi) is 7.38. The summed E-state index contributed by atoms with van der Waals surface area (Å²) in [5.74, 6) is 1.91. The van der Waals surface area contributed by atoms with Crippen LogP contribution in [0.4, 0.5) is 0 Å². The Balaban J connectivity index is 1.01. The minimum absolute atomic E-state index is 0.627. The molecule has 11 rings (SSSR count). The molecule has 7 aromatic carbocycles. The largest absolute Gasteiger partial charge is 0.309 e. The average Bonchev–Trinajstić information content (AvgIpc) is 3.79. The third kappa shape index (κ3) is 5.27. The zero-order chi connectivity index (χ0) is 37.0. The van der Waals surface area contributed by atoms with Gasteiger partial charge in [0, 0.05) is 50.4 Å². The number of hydrogen-bond donors (Lipinski definition) is 0. The average molecular weight is 717 g/mol. The zero-order valence-electron chi connectivity index (χ0n) is 30.2. The van der Waals surface area contributed by atoms with E-state index in [1.165, 1.54) is 27.4 Å². The molecule has 0 saturated carbocycles. The highest BCUT2D eigenvalue weighted by Gasteiger charge is 2.18. The molecule has 0 bridgehead atoms. The molecular formula is C50H32N6. The lowest BCUT2D eigenvalue weighted by Gasteiger charge is -2.11. The Hall–Kier alpha value is -7.70. The van der Waals surface area contributed by atoms with Crippen molar-refractivity contribution < 1.29 is 0 Å². The third-order valence-electron chi connectivity index (χ3n) is 10.6. The summed E-state index contributed by atoms with van der Waals surface area (Å²) in [4.78, 5) is 19.7. The lowest BCUT2D eigenvalue weighted by atomic mass is 10.0. The van der Waals surface area contributed by atoms with Crippen molar-refractivity contribution in [2.24, 2.45) is 0 Å². The van der Waals surface area contributed by atoms with Crippen molar-refractivity contribution in [1.82, 2.24) is 29.1 Å². The monoisotopic (exact) mass is 716 g/mol. The normalized spacial score (nSPS) is 11.6. The second-order valence-electron chi connectivity index (χ2n) is 13.9. The number of rotatable bonds is 6. The Morgan fingerprint density at radius 1 is 0.304 bits per heavy atom. The summed E-state index contributed by atoms with van der Waals surface area (Å²) < 4.78 is 4.64. The minimum atomic E-state index is 0.627. The summed E-state index contributed by atoms with van der Waals surface area (Å²) in [6.07, 6.45) is 1.88. The molecule has 4 aromatic heterocycles. The number of fused-ring (bicyclic) bond motifs is 6. The van der Waals surface area contributed by atoms with E-state index < -0.39 is 0 Å². The topological polar surface area (TPSA) is 61.4 Å². The van der Waals surface area contributed by atoms with Gasteiger partial charge >= 0.3 is 0 Å². The molecule has 6 nitrogen and oxygen atoms in total. The number of hydrogen-bond acceptors (Lipinski definition) is 4. The van der Waals surface area contributed by atoms with Gasteiger partial charge in [-0.2, -0.15) is 0 Å². The summed E-state index contributed by atoms with van der Waals surface area (Å²) >= 11 is 0. The van der Waals surface area contributed by atoms with Gasteiger partial charge in [-0.25, -0.2) is 15.0 Å². The molecule has 0 spiro atoms. The summed E-state index contributed by atoms with van der Waals surface area (Å²) in [5.41, 5.74) is 12.8. The molecule has 0 aliphatic carbocycles. The van der Waals surface area contributed by atoms with Crippen molar-refractivity contribution in [2.75, 3.05) is 0 Å². The van der Waals surface area contributed by atoms with E-state index in [4.69, 9.17) is 19.9 Å². The predicted octanol–water partition coefficient (Wildman–Crippen LogP) is 12.1. The van der Waals surface area contributed by atoms with Crippen LogP contribution >= 0.6 is 0 Å². The molecule has 0 aliphatic rings. The Bertz CT molecular complexity index is 3160. The van der Waals surface area contributed by atoms with Crippen molar-refractivity contribution in [3.05, 3.63) is 194 Å². The van der Waals surface area contributed by atoms with E-state index in [0.29, 0.717) is 17.5 Å². The molecule has 0 aliphatic heterocycles. The summed E-state index contributed by atoms with van der Waals surface area (Å²) in [6, 6.07) is 65.5. The van der Waals surface area contributed by atoms with Crippen LogP contribution < -0.4 is 0 Å². The highest BCUT2D eigenvalue weighted by Crippen LogP contribution is 2.38. The van der Waals surface area contributed by atoms with Crippen molar-refractivity contribution >= 4 is 43.7 Å². The van der Waals surface area contributed by atoms with Crippen LogP contribution in [-0.2, 0) is 0 Å². The first-order chi connectivity index (χ1) is 27.8. The second-order valence-corrected chi connectivity index (χ2v) is 13.9. The molecule has 0 atom stereocenters. The Labute approximate surface area is 322 Å². The van der Waals surface area contributed by atoms with Crippen LogP contribution in [0.25, 0.3) is 100 Å². The Morgan fingerprint density at radius 3 is 1.39 bits per heavy atom. The van der Waals surface area contributed by atoms with Crippen LogP contribution in [0.15, 0.2) is 194 Å². The van der Waals surface area contributed by atoms with Crippen molar-refractivity contribution in [1.29, 1.82) is 0 Å². The van der Waals surface area contributed by atoms with E-state index in [2.05, 4.69) is 130 Å². The fraction of sp³-hybridized carbons (Fsp3) is 0. The van der Waals surface area contributed by atoms with Crippen LogP contribution in [0, 0.1) is 0 Å². The quantitative estimate of drug-likeness (QED) is 0.172. The van der Waals surface area contributed by atoms with Gasteiger partial charge in [0.2, 0.25) is 0 Å². The lowest BCUT2D eigenvalue weighted by Crippen LogP contribution is -2.00. The van der Waals surface area contributed by atoms with E-state index in [-0.39, 0.29) is 0 Å². The molecule has 0 radical (unpaired) electrons. The maximum Gasteiger partial charge on any atom is 0.164 e. The van der Waals surface area contributed by atoms with Crippen molar-refractivity contribution in [2.45, 2.75) is 0 Å². The molecule has 4 heterocycles. The van der Waals surface area contributed by atoms with Crippen LogP contribution in [0.2, 0.25) is 0 Å². The lowest BCUT2D eigenvalue weighted by molar-refractivity contribution is 1.07. The molecule has 0 unspecified atom stereocenters. The number of para-hydroxylation sites is 2. The maximum absolute atomic E-state index is 4.94. The fourth-order valence-electron chi connectivity index (χ4n) is 8.00. The molecule has 0 amide bonds. The second kappa shape index (κ2) is 13.0. The van der Waals surface area contributed by atoms with Crippen LogP contribution in [0.1, 0.15) is 0 Å². The highest BCUT2D eigenvalue weighted by molar-refractivity contribution is 6.12. The fourth-order valence-corrected chi connectivity index (χ4v) is 8.00. The SMILES string of the molecule is c1ccc(-c2nc(-c3ccccc3)nc(-c3ccc(-n4c5ccc(-c6ccc7c(c6)c6ccccc6n7-c6ccccc6)cc5c5ncccc54)cc3)n2)cc1. The maximum atomic E-state index is 4.94. The molecule has 0 saturated heterocycles. The minimum Gasteiger partial charge on any atom is -0.309 e. The molecular weight excluding hydrogens is 685 g/mol. The highest BCUT2D eigenvalue weighted by atomic mass is 15.0. The number of nitrogens with zero attached hydrogens (tertiary/aromatic N) is 6. The first-order valence-electron chi connectivity index (χ1n) is 18.7. The van der Waals surface area contributed by atoms with Crippen molar-refractivity contribution in [3.8, 4) is 56.7 Å². The number of aromatic nitrogens is 6. The smallest absolute Gasteiger partial charge is 0.164 e. The molecule has 0 N–H and O–H groups in total. The van der Waals surface area contributed by atoms with Gasteiger partial charge < -0.3 is 9.13 Å². The number of pyridine rings is 1. The van der Waals surface area contributed by atoms with Gasteiger partial charge in [0.15, 0.2) is 17.5 Å². The van der Waals surface area contributed by atoms with E-state index in [1.807, 2.05) is 72.9 Å². The van der Waals surface area contributed by atoms with Gasteiger partial charge in [0.05, 0.1) is 27.6 Å². The van der Waals surface area contributed by atoms with Gasteiger partial charge in [0.1, 0.15) is 0 Å². The molecule has 11 aromatic rings. The third-order valence-corrected chi connectivity index (χ3v) is 10.6. The van der Waals surface area contributed by atoms with Crippen molar-refractivity contribution in [3.63, 3.8) is 0 Å². The Morgan fingerprint density at radius 2 is 0.750 bits per heavy atom. The van der Waals surface area contributed by atoms with E-state index in [9.17, 15) is 0 Å². The summed E-state index contributed by atoms with van der Waals surface area (Å²) in [7, 11) is 0. The van der Waals surface area contributed by atoms with Gasteiger partial charge in [-0.05, 0) is 90.0 Å². The first-order valence-corrected chi connectivity index (χ1v) is 18.7. The van der Waals surface area contributed by atoms with Crippen LogP contribution in [0.3, 0.4) is 0 Å². The predicted molar refractivity (Wildman–Crippen MR) is 228 cm³/mol. The van der Waals surface area contributed by atoms with E-state index >= 15 is 0 Å². The van der Waals surface area contributed by atoms with Crippen LogP contribution in [0.5, 0.6) is 0 Å². The zero-order valence-corrected chi connectivity index (χ0v) is 30.2. The molecule has 6 heteroatoms.